The molecule has 26 heavy (non-hydrogen) atoms. The SMILES string of the molecule is CN(C)CCCNC(=O)c1ccc2c(c1)C(=O)N(C1CCCCC1)C2=O. The predicted octanol–water partition coefficient (Wildman–Crippen LogP) is 2.30. The van der Waals surface area contributed by atoms with Crippen molar-refractivity contribution in [3.63, 3.8) is 0 Å². The van der Waals surface area contributed by atoms with Gasteiger partial charge in [0.05, 0.1) is 11.1 Å². The monoisotopic (exact) mass is 357 g/mol. The fraction of sp³-hybridized carbons (Fsp3) is 0.550. The van der Waals surface area contributed by atoms with E-state index in [9.17, 15) is 14.4 Å². The lowest BCUT2D eigenvalue weighted by atomic mass is 9.94. The van der Waals surface area contributed by atoms with Crippen LogP contribution in [0.5, 0.6) is 0 Å². The molecule has 1 heterocycles. The Morgan fingerprint density at radius 3 is 2.50 bits per heavy atom. The zero-order valence-electron chi connectivity index (χ0n) is 15.6. The van der Waals surface area contributed by atoms with Crippen LogP contribution in [0.1, 0.15) is 69.6 Å². The molecule has 0 spiro atoms. The highest BCUT2D eigenvalue weighted by Gasteiger charge is 2.40. The lowest BCUT2D eigenvalue weighted by Gasteiger charge is -2.29. The Kier molecular flexibility index (Phi) is 5.71. The first kappa shape index (κ1) is 18.6. The van der Waals surface area contributed by atoms with Crippen LogP contribution in [0.2, 0.25) is 0 Å². The van der Waals surface area contributed by atoms with Gasteiger partial charge in [-0.05, 0) is 58.1 Å². The molecule has 3 amide bonds. The van der Waals surface area contributed by atoms with E-state index in [4.69, 9.17) is 0 Å². The van der Waals surface area contributed by atoms with Gasteiger partial charge in [0.25, 0.3) is 17.7 Å². The zero-order valence-corrected chi connectivity index (χ0v) is 15.6. The van der Waals surface area contributed by atoms with Crippen LogP contribution < -0.4 is 5.32 Å². The standard InChI is InChI=1S/C20H27N3O3/c1-22(2)12-6-11-21-18(24)14-9-10-16-17(13-14)20(26)23(19(16)25)15-7-4-3-5-8-15/h9-10,13,15H,3-8,11-12H2,1-2H3,(H,21,24). The Morgan fingerprint density at radius 2 is 1.81 bits per heavy atom. The normalized spacial score (nSPS) is 17.7. The van der Waals surface area contributed by atoms with Crippen molar-refractivity contribution < 1.29 is 14.4 Å². The molecule has 1 aliphatic heterocycles. The van der Waals surface area contributed by atoms with Crippen molar-refractivity contribution in [2.45, 2.75) is 44.6 Å². The molecule has 2 aliphatic rings. The van der Waals surface area contributed by atoms with Gasteiger partial charge in [-0.1, -0.05) is 19.3 Å². The molecule has 1 aromatic carbocycles. The largest absolute Gasteiger partial charge is 0.352 e. The van der Waals surface area contributed by atoms with E-state index < -0.39 is 0 Å². The first-order chi connectivity index (χ1) is 12.5. The molecule has 3 rings (SSSR count). The second-order valence-corrected chi connectivity index (χ2v) is 7.45. The molecule has 1 fully saturated rings. The average molecular weight is 357 g/mol. The van der Waals surface area contributed by atoms with Gasteiger partial charge in [0.1, 0.15) is 0 Å². The summed E-state index contributed by atoms with van der Waals surface area (Å²) >= 11 is 0. The van der Waals surface area contributed by atoms with Gasteiger partial charge in [0.2, 0.25) is 0 Å². The van der Waals surface area contributed by atoms with Crippen LogP contribution in [0.25, 0.3) is 0 Å². The van der Waals surface area contributed by atoms with Crippen LogP contribution in [0.15, 0.2) is 18.2 Å². The van der Waals surface area contributed by atoms with Gasteiger partial charge in [0, 0.05) is 18.2 Å². The average Bonchev–Trinajstić information content (AvgIpc) is 2.89. The van der Waals surface area contributed by atoms with Gasteiger partial charge >= 0.3 is 0 Å². The number of imide groups is 1. The molecular formula is C20H27N3O3. The van der Waals surface area contributed by atoms with E-state index in [1.807, 2.05) is 14.1 Å². The van der Waals surface area contributed by atoms with Crippen molar-refractivity contribution in [2.24, 2.45) is 0 Å². The van der Waals surface area contributed by atoms with Crippen LogP contribution in [-0.2, 0) is 0 Å². The molecule has 1 N–H and O–H groups in total. The third-order valence-corrected chi connectivity index (χ3v) is 5.19. The molecule has 0 saturated heterocycles. The molecule has 1 aliphatic carbocycles. The van der Waals surface area contributed by atoms with Gasteiger partial charge < -0.3 is 10.2 Å². The lowest BCUT2D eigenvalue weighted by molar-refractivity contribution is 0.0549. The Morgan fingerprint density at radius 1 is 1.12 bits per heavy atom. The van der Waals surface area contributed by atoms with Crippen molar-refractivity contribution in [1.29, 1.82) is 0 Å². The summed E-state index contributed by atoms with van der Waals surface area (Å²) in [7, 11) is 3.98. The molecule has 6 nitrogen and oxygen atoms in total. The van der Waals surface area contributed by atoms with Crippen molar-refractivity contribution in [3.8, 4) is 0 Å². The maximum absolute atomic E-state index is 12.8. The van der Waals surface area contributed by atoms with Crippen molar-refractivity contribution in [1.82, 2.24) is 15.1 Å². The Labute approximate surface area is 154 Å². The molecule has 1 saturated carbocycles. The van der Waals surface area contributed by atoms with E-state index in [1.54, 1.807) is 18.2 Å². The highest BCUT2D eigenvalue weighted by atomic mass is 16.2. The third kappa shape index (κ3) is 3.80. The summed E-state index contributed by atoms with van der Waals surface area (Å²) in [4.78, 5) is 41.3. The number of hydrogen-bond donors (Lipinski definition) is 1. The minimum atomic E-state index is -0.251. The van der Waals surface area contributed by atoms with E-state index in [0.29, 0.717) is 23.2 Å². The van der Waals surface area contributed by atoms with E-state index in [-0.39, 0.29) is 23.8 Å². The number of fused-ring (bicyclic) bond motifs is 1. The van der Waals surface area contributed by atoms with Crippen LogP contribution in [0.4, 0.5) is 0 Å². The molecule has 140 valence electrons. The molecule has 0 atom stereocenters. The maximum Gasteiger partial charge on any atom is 0.261 e. The van der Waals surface area contributed by atoms with Crippen LogP contribution in [0.3, 0.4) is 0 Å². The highest BCUT2D eigenvalue weighted by Crippen LogP contribution is 2.31. The summed E-state index contributed by atoms with van der Waals surface area (Å²) in [5, 5.41) is 2.87. The Balaban J connectivity index is 1.69. The van der Waals surface area contributed by atoms with Crippen LogP contribution >= 0.6 is 0 Å². The van der Waals surface area contributed by atoms with Gasteiger partial charge in [0.15, 0.2) is 0 Å². The third-order valence-electron chi connectivity index (χ3n) is 5.19. The minimum absolute atomic E-state index is 0.000500. The van der Waals surface area contributed by atoms with Gasteiger partial charge in [-0.25, -0.2) is 0 Å². The molecular weight excluding hydrogens is 330 g/mol. The first-order valence-corrected chi connectivity index (χ1v) is 9.44. The number of carbonyl (C=O) groups excluding carboxylic acids is 3. The predicted molar refractivity (Wildman–Crippen MR) is 99.3 cm³/mol. The summed E-state index contributed by atoms with van der Waals surface area (Å²) in [6.07, 6.45) is 5.89. The summed E-state index contributed by atoms with van der Waals surface area (Å²) in [5.74, 6) is -0.670. The van der Waals surface area contributed by atoms with E-state index in [2.05, 4.69) is 10.2 Å². The van der Waals surface area contributed by atoms with Crippen molar-refractivity contribution in [2.75, 3.05) is 27.2 Å². The summed E-state index contributed by atoms with van der Waals surface area (Å²) < 4.78 is 0. The number of nitrogens with zero attached hydrogens (tertiary/aromatic N) is 2. The number of carbonyl (C=O) groups is 3. The van der Waals surface area contributed by atoms with E-state index in [0.717, 1.165) is 45.1 Å². The molecule has 1 aromatic rings. The number of nitrogens with one attached hydrogen (secondary N) is 1. The molecule has 0 unspecified atom stereocenters. The topological polar surface area (TPSA) is 69.7 Å². The summed E-state index contributed by atoms with van der Waals surface area (Å²) in [6.45, 7) is 1.48. The second-order valence-electron chi connectivity index (χ2n) is 7.45. The van der Waals surface area contributed by atoms with Crippen molar-refractivity contribution >= 4 is 17.7 Å². The van der Waals surface area contributed by atoms with Crippen LogP contribution in [0, 0.1) is 0 Å². The summed E-state index contributed by atoms with van der Waals surface area (Å²) in [5.41, 5.74) is 1.21. The number of hydrogen-bond acceptors (Lipinski definition) is 4. The maximum atomic E-state index is 12.8. The van der Waals surface area contributed by atoms with Crippen LogP contribution in [-0.4, -0.2) is 60.7 Å². The smallest absolute Gasteiger partial charge is 0.261 e. The number of benzene rings is 1. The molecule has 6 heteroatoms. The summed E-state index contributed by atoms with van der Waals surface area (Å²) in [6, 6.07) is 4.82. The Hall–Kier alpha value is -2.21. The second kappa shape index (κ2) is 7.99. The Bertz CT molecular complexity index is 708. The molecule has 0 aromatic heterocycles. The minimum Gasteiger partial charge on any atom is -0.352 e. The molecule has 0 bridgehead atoms. The number of rotatable bonds is 6. The first-order valence-electron chi connectivity index (χ1n) is 9.44. The zero-order chi connectivity index (χ0) is 18.7. The number of amides is 3. The van der Waals surface area contributed by atoms with Gasteiger partial charge in [-0.3, -0.25) is 19.3 Å². The van der Waals surface area contributed by atoms with E-state index >= 15 is 0 Å². The fourth-order valence-corrected chi connectivity index (χ4v) is 3.77. The lowest BCUT2D eigenvalue weighted by Crippen LogP contribution is -2.40. The van der Waals surface area contributed by atoms with Gasteiger partial charge in [-0.2, -0.15) is 0 Å². The van der Waals surface area contributed by atoms with E-state index in [1.165, 1.54) is 4.90 Å². The quantitative estimate of drug-likeness (QED) is 0.626. The van der Waals surface area contributed by atoms with Crippen molar-refractivity contribution in [3.05, 3.63) is 34.9 Å². The highest BCUT2D eigenvalue weighted by molar-refractivity contribution is 6.22. The van der Waals surface area contributed by atoms with Gasteiger partial charge in [-0.15, -0.1) is 0 Å². The fourth-order valence-electron chi connectivity index (χ4n) is 3.77. The molecule has 0 radical (unpaired) electrons.